The predicted molar refractivity (Wildman–Crippen MR) is 135 cm³/mol. The molecule has 7 N–H and O–H groups in total. The molecule has 1 saturated heterocycles. The first-order chi connectivity index (χ1) is 18.3. The molecule has 0 aliphatic carbocycles. The third-order valence-corrected chi connectivity index (χ3v) is 7.81. The fraction of sp³-hybridized carbons (Fsp3) is 0.381. The normalized spacial score (nSPS) is 19.2. The number of nitrogens with one attached hydrogen (secondary N) is 1. The van der Waals surface area contributed by atoms with E-state index in [0.717, 1.165) is 16.2 Å². The minimum Gasteiger partial charge on any atom is -0.477 e. The number of amides is 2. The summed E-state index contributed by atoms with van der Waals surface area (Å²) in [5.41, 5.74) is 5.51. The average Bonchev–Trinajstić information content (AvgIpc) is 3.32. The molecule has 202 valence electrons. The molecule has 15 nitrogen and oxygen atoms in total. The Balaban J connectivity index is 1.51. The van der Waals surface area contributed by atoms with Gasteiger partial charge in [0.2, 0.25) is 6.20 Å². The van der Waals surface area contributed by atoms with Gasteiger partial charge >= 0.3 is 5.97 Å². The summed E-state index contributed by atoms with van der Waals surface area (Å²) in [6.07, 6.45) is 4.83. The molecule has 38 heavy (non-hydrogen) atoms. The summed E-state index contributed by atoms with van der Waals surface area (Å²) in [6.45, 7) is 0.386. The lowest BCUT2D eigenvalue weighted by atomic mass is 10.0. The van der Waals surface area contributed by atoms with E-state index >= 15 is 0 Å². The first kappa shape index (κ1) is 27.2. The monoisotopic (exact) mass is 565 g/mol. The molecule has 0 saturated carbocycles. The number of nitrogen functional groups attached to an aromatic ring is 1. The van der Waals surface area contributed by atoms with Crippen molar-refractivity contribution in [2.24, 2.45) is 5.16 Å². The summed E-state index contributed by atoms with van der Waals surface area (Å²) in [6, 6.07) is -1.03. The maximum absolute atomic E-state index is 13.0. The number of carbonyl (C=O) groups is 3. The first-order valence-electron chi connectivity index (χ1n) is 11.2. The molecule has 2 aromatic heterocycles. The summed E-state index contributed by atoms with van der Waals surface area (Å²) < 4.78 is 1.70. The van der Waals surface area contributed by atoms with Gasteiger partial charge in [-0.05, 0) is 0 Å². The number of oxime groups is 1. The zero-order valence-corrected chi connectivity index (χ0v) is 21.4. The van der Waals surface area contributed by atoms with Gasteiger partial charge in [-0.2, -0.15) is 4.57 Å². The number of aromatic nitrogens is 3. The van der Waals surface area contributed by atoms with E-state index in [0.29, 0.717) is 11.4 Å². The Morgan fingerprint density at radius 2 is 2.05 bits per heavy atom. The zero-order chi connectivity index (χ0) is 27.4. The van der Waals surface area contributed by atoms with Crippen LogP contribution in [0.5, 0.6) is 0 Å². The average molecular weight is 566 g/mol. The van der Waals surface area contributed by atoms with Crippen LogP contribution in [-0.4, -0.2) is 102 Å². The summed E-state index contributed by atoms with van der Waals surface area (Å²) in [5, 5.41) is 44.2. The zero-order valence-electron chi connectivity index (χ0n) is 19.8. The summed E-state index contributed by atoms with van der Waals surface area (Å²) in [4.78, 5) is 48.8. The van der Waals surface area contributed by atoms with Gasteiger partial charge in [-0.25, -0.2) is 14.8 Å². The van der Waals surface area contributed by atoms with E-state index in [9.17, 15) is 34.9 Å². The van der Waals surface area contributed by atoms with E-state index in [4.69, 9.17) is 5.73 Å². The van der Waals surface area contributed by atoms with E-state index in [1.54, 1.807) is 21.9 Å². The van der Waals surface area contributed by atoms with Gasteiger partial charge in [-0.1, -0.05) is 5.16 Å². The summed E-state index contributed by atoms with van der Waals surface area (Å²) >= 11 is 2.34. The number of carbonyl (C=O) groups excluding carboxylic acids is 2. The Hall–Kier alpha value is -3.80. The second kappa shape index (κ2) is 11.7. The van der Waals surface area contributed by atoms with Gasteiger partial charge in [0, 0.05) is 29.8 Å². The number of aliphatic hydroxyl groups excluding tert-OH is 2. The van der Waals surface area contributed by atoms with E-state index < -0.39 is 34.9 Å². The van der Waals surface area contributed by atoms with Crippen LogP contribution in [0.2, 0.25) is 0 Å². The van der Waals surface area contributed by atoms with Gasteiger partial charge < -0.3 is 36.5 Å². The Bertz CT molecular complexity index is 1290. The highest BCUT2D eigenvalue weighted by Gasteiger charge is 2.54. The Morgan fingerprint density at radius 1 is 1.32 bits per heavy atom. The lowest BCUT2D eigenvalue weighted by molar-refractivity contribution is -0.688. The second-order valence-corrected chi connectivity index (χ2v) is 10.2. The molecule has 2 atom stereocenters. The van der Waals surface area contributed by atoms with Crippen molar-refractivity contribution in [1.29, 1.82) is 0 Å². The number of fused-ring (bicyclic) bond motifs is 1. The fourth-order valence-corrected chi connectivity index (χ4v) is 5.99. The van der Waals surface area contributed by atoms with Gasteiger partial charge in [0.25, 0.3) is 11.8 Å². The Kier molecular flexibility index (Phi) is 8.40. The summed E-state index contributed by atoms with van der Waals surface area (Å²) in [5.74, 6) is -1.99. The molecule has 17 heteroatoms. The quantitative estimate of drug-likeness (QED) is 0.0563. The van der Waals surface area contributed by atoms with E-state index in [1.165, 1.54) is 23.3 Å². The number of aliphatic carboxylic acids is 1. The van der Waals surface area contributed by atoms with Crippen LogP contribution in [0.25, 0.3) is 0 Å². The molecule has 0 aromatic carbocycles. The van der Waals surface area contributed by atoms with Crippen molar-refractivity contribution >= 4 is 57.5 Å². The highest BCUT2D eigenvalue weighted by molar-refractivity contribution is 8.00. The van der Waals surface area contributed by atoms with Crippen LogP contribution in [0, 0.1) is 0 Å². The Morgan fingerprint density at radius 3 is 2.66 bits per heavy atom. The van der Waals surface area contributed by atoms with Crippen LogP contribution in [0.1, 0.15) is 5.69 Å². The van der Waals surface area contributed by atoms with Gasteiger partial charge in [-0.3, -0.25) is 14.5 Å². The Labute approximate surface area is 223 Å². The number of carboxylic acids is 1. The maximum atomic E-state index is 13.0. The maximum Gasteiger partial charge on any atom is 0.352 e. The number of hydrogen-bond acceptors (Lipinski definition) is 13. The SMILES string of the molecule is Nc1nc(/C(=N/O)C(=O)NC2C(=O)N3C(C(=O)O)=C(C[n+]4ccnc(N(CCO)CCO)c4)CS[C@H]23)cs1. The standard InChI is InChI=1S/C21H24N8O7S2/c22-21-24-12(10-38-21)14(26-36)17(32)25-15-18(33)29-16(20(34)35)11(9-37-19(15)29)7-27-2-1-23-13(8-27)28(3-5-30)4-6-31/h1-2,8,10,15,19,30-31H,3-7,9H2,(H4-,22,24,25,32,34,35,36)/p+1/t15?,19-/m1/s1. The highest BCUT2D eigenvalue weighted by atomic mass is 32.2. The molecule has 4 heterocycles. The van der Waals surface area contributed by atoms with Gasteiger partial charge in [0.1, 0.15) is 22.8 Å². The van der Waals surface area contributed by atoms with Crippen LogP contribution in [0.4, 0.5) is 10.9 Å². The number of β-lactam (4-membered cyclic amide) rings is 1. The fourth-order valence-electron chi connectivity index (χ4n) is 4.11. The molecule has 0 radical (unpaired) electrons. The van der Waals surface area contributed by atoms with E-state index in [1.807, 2.05) is 0 Å². The van der Waals surface area contributed by atoms with Crippen LogP contribution in [-0.2, 0) is 20.9 Å². The van der Waals surface area contributed by atoms with E-state index in [-0.39, 0.29) is 55.1 Å². The molecule has 4 rings (SSSR count). The van der Waals surface area contributed by atoms with Gasteiger partial charge in [-0.15, -0.1) is 23.1 Å². The largest absolute Gasteiger partial charge is 0.477 e. The van der Waals surface area contributed by atoms with Crippen molar-refractivity contribution in [2.45, 2.75) is 18.0 Å². The number of nitrogens with two attached hydrogens (primary N) is 1. The molecule has 2 aliphatic rings. The van der Waals surface area contributed by atoms with Crippen LogP contribution < -0.4 is 20.5 Å². The lowest BCUT2D eigenvalue weighted by Crippen LogP contribution is -2.71. The van der Waals surface area contributed by atoms with Crippen molar-refractivity contribution < 1.29 is 39.5 Å². The predicted octanol–water partition coefficient (Wildman–Crippen LogP) is -2.18. The number of aliphatic hydroxyl groups is 2. The number of thioether (sulfide) groups is 1. The van der Waals surface area contributed by atoms with Crippen LogP contribution in [0.3, 0.4) is 0 Å². The molecule has 0 bridgehead atoms. The molecule has 0 spiro atoms. The van der Waals surface area contributed by atoms with E-state index in [2.05, 4.69) is 20.4 Å². The number of rotatable bonds is 11. The van der Waals surface area contributed by atoms with Crippen molar-refractivity contribution in [2.75, 3.05) is 42.7 Å². The number of nitrogens with zero attached hydrogens (tertiary/aromatic N) is 6. The van der Waals surface area contributed by atoms with Crippen molar-refractivity contribution in [3.05, 3.63) is 40.9 Å². The third-order valence-electron chi connectivity index (χ3n) is 5.80. The number of thiazole rings is 1. The number of carboxylic acid groups (broad SMARTS) is 1. The molecule has 2 aliphatic heterocycles. The second-order valence-electron chi connectivity index (χ2n) is 8.16. The first-order valence-corrected chi connectivity index (χ1v) is 13.2. The molecule has 2 amide bonds. The molecule has 1 fully saturated rings. The number of anilines is 2. The molecular formula is C21H25N8O7S2+. The van der Waals surface area contributed by atoms with Crippen molar-refractivity contribution in [1.82, 2.24) is 20.2 Å². The highest BCUT2D eigenvalue weighted by Crippen LogP contribution is 2.40. The number of hydrogen-bond donors (Lipinski definition) is 6. The molecular weight excluding hydrogens is 540 g/mol. The van der Waals surface area contributed by atoms with Gasteiger partial charge in [0.05, 0.1) is 19.4 Å². The van der Waals surface area contributed by atoms with Crippen LogP contribution in [0.15, 0.2) is 40.4 Å². The minimum absolute atomic E-state index is 0.0473. The topological polar surface area (TPSA) is 219 Å². The minimum atomic E-state index is -1.28. The lowest BCUT2D eigenvalue weighted by Gasteiger charge is -2.49. The smallest absolute Gasteiger partial charge is 0.352 e. The molecule has 2 aromatic rings. The van der Waals surface area contributed by atoms with Crippen molar-refractivity contribution in [3.8, 4) is 0 Å². The van der Waals surface area contributed by atoms with Gasteiger partial charge in [0.15, 0.2) is 29.4 Å². The van der Waals surface area contributed by atoms with Crippen molar-refractivity contribution in [3.63, 3.8) is 0 Å². The van der Waals surface area contributed by atoms with Crippen LogP contribution >= 0.6 is 23.1 Å². The molecule has 1 unspecified atom stereocenters. The summed E-state index contributed by atoms with van der Waals surface area (Å²) in [7, 11) is 0. The third kappa shape index (κ3) is 5.40.